The topological polar surface area (TPSA) is 78.8 Å². The number of rotatable bonds is 5. The first-order valence-corrected chi connectivity index (χ1v) is 4.31. The Balaban J connectivity index is 4.06. The Labute approximate surface area is 83.4 Å². The van der Waals surface area contributed by atoms with E-state index >= 15 is 0 Å². The Kier molecular flexibility index (Phi) is 4.76. The fourth-order valence-corrected chi connectivity index (χ4v) is 0.609. The molecule has 14 heavy (non-hydrogen) atoms. The van der Waals surface area contributed by atoms with Crippen LogP contribution in [0.2, 0.25) is 0 Å². The summed E-state index contributed by atoms with van der Waals surface area (Å²) >= 11 is 0. The molecule has 0 aromatic rings. The molecule has 0 saturated heterocycles. The molecule has 0 rings (SSSR count). The molecule has 0 amide bonds. The van der Waals surface area contributed by atoms with E-state index < -0.39 is 11.9 Å². The number of aliphatic hydroxyl groups is 2. The molecule has 5 heteroatoms. The van der Waals surface area contributed by atoms with Crippen molar-refractivity contribution in [2.45, 2.75) is 32.8 Å². The van der Waals surface area contributed by atoms with E-state index in [-0.39, 0.29) is 18.2 Å². The molecular weight excluding hydrogens is 186 g/mol. The van der Waals surface area contributed by atoms with Crippen LogP contribution in [0.25, 0.3) is 0 Å². The molecule has 0 aromatic carbocycles. The summed E-state index contributed by atoms with van der Waals surface area (Å²) in [4.78, 5) is 10.9. The summed E-state index contributed by atoms with van der Waals surface area (Å²) in [6, 6.07) is 0.0669. The minimum Gasteiger partial charge on any atom is -0.404 e. The third kappa shape index (κ3) is 5.69. The van der Waals surface area contributed by atoms with E-state index in [1.54, 1.807) is 0 Å². The van der Waals surface area contributed by atoms with Crippen LogP contribution < -0.4 is 5.32 Å². The van der Waals surface area contributed by atoms with Crippen molar-refractivity contribution in [3.05, 3.63) is 12.2 Å². The van der Waals surface area contributed by atoms with Crippen molar-refractivity contribution >= 4 is 5.97 Å². The van der Waals surface area contributed by atoms with Crippen molar-refractivity contribution in [3.8, 4) is 0 Å². The van der Waals surface area contributed by atoms with Gasteiger partial charge in [0.1, 0.15) is 0 Å². The lowest BCUT2D eigenvalue weighted by Gasteiger charge is -2.22. The third-order valence-electron chi connectivity index (χ3n) is 1.35. The van der Waals surface area contributed by atoms with Gasteiger partial charge in [-0.25, -0.2) is 4.79 Å². The summed E-state index contributed by atoms with van der Waals surface area (Å²) in [5, 5.41) is 21.1. The van der Waals surface area contributed by atoms with E-state index in [9.17, 15) is 15.0 Å². The number of esters is 1. The van der Waals surface area contributed by atoms with E-state index in [0.29, 0.717) is 0 Å². The summed E-state index contributed by atoms with van der Waals surface area (Å²) < 4.78 is 4.36. The zero-order valence-electron chi connectivity index (χ0n) is 8.70. The third-order valence-corrected chi connectivity index (χ3v) is 1.35. The summed E-state index contributed by atoms with van der Waals surface area (Å²) in [5.74, 6) is -3.32. The van der Waals surface area contributed by atoms with Gasteiger partial charge in [-0.3, -0.25) is 0 Å². The smallest absolute Gasteiger partial charge is 0.337 e. The van der Waals surface area contributed by atoms with E-state index in [2.05, 4.69) is 16.6 Å². The lowest BCUT2D eigenvalue weighted by atomic mass is 10.3. The van der Waals surface area contributed by atoms with Gasteiger partial charge in [0.05, 0.1) is 6.54 Å². The molecule has 0 saturated carbocycles. The second-order valence-corrected chi connectivity index (χ2v) is 3.45. The minimum absolute atomic E-state index is 0.0669. The Morgan fingerprint density at radius 3 is 2.43 bits per heavy atom. The highest BCUT2D eigenvalue weighted by Gasteiger charge is 2.28. The van der Waals surface area contributed by atoms with E-state index in [0.717, 1.165) is 0 Å². The van der Waals surface area contributed by atoms with Gasteiger partial charge in [0.15, 0.2) is 0 Å². The van der Waals surface area contributed by atoms with E-state index in [4.69, 9.17) is 0 Å². The van der Waals surface area contributed by atoms with Crippen molar-refractivity contribution in [1.29, 1.82) is 0 Å². The fraction of sp³-hybridized carbons (Fsp3) is 0.667. The number of hydrogen-bond acceptors (Lipinski definition) is 5. The van der Waals surface area contributed by atoms with Gasteiger partial charge >= 0.3 is 11.9 Å². The van der Waals surface area contributed by atoms with Gasteiger partial charge in [-0.2, -0.15) is 0 Å². The van der Waals surface area contributed by atoms with Gasteiger partial charge in [0.2, 0.25) is 0 Å². The average molecular weight is 203 g/mol. The molecule has 0 aliphatic heterocycles. The zero-order chi connectivity index (χ0) is 11.4. The first kappa shape index (κ1) is 13.1. The molecule has 0 bridgehead atoms. The van der Waals surface area contributed by atoms with Crippen LogP contribution in [-0.2, 0) is 9.53 Å². The monoisotopic (exact) mass is 203 g/mol. The second-order valence-electron chi connectivity index (χ2n) is 3.45. The maximum atomic E-state index is 10.9. The summed E-state index contributed by atoms with van der Waals surface area (Å²) in [7, 11) is 0. The number of carbonyl (C=O) groups excluding carboxylic acids is 1. The van der Waals surface area contributed by atoms with Gasteiger partial charge in [-0.15, -0.1) is 0 Å². The molecule has 0 radical (unpaired) electrons. The van der Waals surface area contributed by atoms with Crippen molar-refractivity contribution in [2.75, 3.05) is 6.54 Å². The number of carbonyl (C=O) groups is 1. The quantitative estimate of drug-likeness (QED) is 0.326. The molecule has 0 heterocycles. The highest BCUT2D eigenvalue weighted by molar-refractivity contribution is 5.87. The average Bonchev–Trinajstić information content (AvgIpc) is 2.00. The van der Waals surface area contributed by atoms with Crippen LogP contribution in [0.3, 0.4) is 0 Å². The summed E-state index contributed by atoms with van der Waals surface area (Å²) in [5.41, 5.74) is 0.113. The van der Waals surface area contributed by atoms with Crippen LogP contribution in [0.5, 0.6) is 0 Å². The number of hydrogen-bond donors (Lipinski definition) is 3. The molecule has 0 unspecified atom stereocenters. The summed E-state index contributed by atoms with van der Waals surface area (Å²) in [6.07, 6.45) is 0. The molecule has 5 nitrogen and oxygen atoms in total. The van der Waals surface area contributed by atoms with Crippen LogP contribution in [-0.4, -0.2) is 34.7 Å². The first-order chi connectivity index (χ1) is 6.24. The van der Waals surface area contributed by atoms with Crippen LogP contribution in [0, 0.1) is 0 Å². The Morgan fingerprint density at radius 2 is 2.07 bits per heavy atom. The Morgan fingerprint density at radius 1 is 1.57 bits per heavy atom. The van der Waals surface area contributed by atoms with Crippen molar-refractivity contribution < 1.29 is 19.7 Å². The van der Waals surface area contributed by atoms with Crippen LogP contribution >= 0.6 is 0 Å². The van der Waals surface area contributed by atoms with Gasteiger partial charge in [0.25, 0.3) is 0 Å². The lowest BCUT2D eigenvalue weighted by molar-refractivity contribution is -0.313. The zero-order valence-corrected chi connectivity index (χ0v) is 8.70. The Bertz CT molecular complexity index is 223. The van der Waals surface area contributed by atoms with Gasteiger partial charge in [-0.1, -0.05) is 20.4 Å². The maximum Gasteiger partial charge on any atom is 0.337 e. The lowest BCUT2D eigenvalue weighted by Crippen LogP contribution is -2.46. The first-order valence-electron chi connectivity index (χ1n) is 4.31. The van der Waals surface area contributed by atoms with Gasteiger partial charge in [0, 0.05) is 11.6 Å². The van der Waals surface area contributed by atoms with Crippen LogP contribution in [0.4, 0.5) is 0 Å². The maximum absolute atomic E-state index is 10.9. The SMILES string of the molecule is C=C(C)C(=O)OC(O)(O)CNC(C)C. The molecule has 0 aliphatic rings. The second kappa shape index (κ2) is 5.09. The van der Waals surface area contributed by atoms with Gasteiger partial charge in [-0.05, 0) is 6.92 Å². The standard InChI is InChI=1S/C9H17NO4/c1-6(2)8(11)14-9(12,13)5-10-7(3)4/h7,10,12-13H,1,5H2,2-4H3. The molecular formula is C9H17NO4. The predicted molar refractivity (Wildman–Crippen MR) is 51.2 cm³/mol. The van der Waals surface area contributed by atoms with Crippen molar-refractivity contribution in [1.82, 2.24) is 5.32 Å². The molecule has 3 N–H and O–H groups in total. The fourth-order valence-electron chi connectivity index (χ4n) is 0.609. The largest absolute Gasteiger partial charge is 0.404 e. The minimum atomic E-state index is -2.49. The highest BCUT2D eigenvalue weighted by atomic mass is 16.8. The molecule has 0 fully saturated rings. The summed E-state index contributed by atoms with van der Waals surface area (Å²) in [6.45, 7) is 8.16. The van der Waals surface area contributed by atoms with Crippen LogP contribution in [0.1, 0.15) is 20.8 Å². The molecule has 82 valence electrons. The van der Waals surface area contributed by atoms with Crippen molar-refractivity contribution in [2.24, 2.45) is 0 Å². The predicted octanol–water partition coefficient (Wildman–Crippen LogP) is -0.258. The van der Waals surface area contributed by atoms with Gasteiger partial charge < -0.3 is 20.3 Å². The number of nitrogens with one attached hydrogen (secondary N) is 1. The molecule has 0 aromatic heterocycles. The van der Waals surface area contributed by atoms with E-state index in [1.165, 1.54) is 6.92 Å². The molecule has 0 spiro atoms. The highest BCUT2D eigenvalue weighted by Crippen LogP contribution is 2.04. The van der Waals surface area contributed by atoms with Crippen molar-refractivity contribution in [3.63, 3.8) is 0 Å². The molecule has 0 atom stereocenters. The Hall–Kier alpha value is -0.910. The molecule has 0 aliphatic carbocycles. The van der Waals surface area contributed by atoms with Crippen LogP contribution in [0.15, 0.2) is 12.2 Å². The van der Waals surface area contributed by atoms with E-state index in [1.807, 2.05) is 13.8 Å². The normalized spacial score (nSPS) is 11.6. The number of ether oxygens (including phenoxy) is 1.